The average Bonchev–Trinajstić information content (AvgIpc) is 3.57. The summed E-state index contributed by atoms with van der Waals surface area (Å²) in [5.74, 6) is -1.47. The molecule has 0 unspecified atom stereocenters. The first-order valence-corrected chi connectivity index (χ1v) is 12.2. The number of rotatable bonds is 5. The molecule has 1 aromatic carbocycles. The SMILES string of the molecule is N#CCC1(n2cc(-c3ncnc4[nH]ccc34)cn2)CN(C2CCN(C(=O)c3ccc(F)c(O)c3)CC2)C1. The molecule has 188 valence electrons. The molecule has 2 saturated heterocycles. The summed E-state index contributed by atoms with van der Waals surface area (Å²) in [6.07, 6.45) is 9.06. The van der Waals surface area contributed by atoms with Gasteiger partial charge in [0.1, 0.15) is 17.5 Å². The Hall–Kier alpha value is -4.30. The van der Waals surface area contributed by atoms with Gasteiger partial charge in [0.25, 0.3) is 5.91 Å². The number of nitriles is 1. The Labute approximate surface area is 212 Å². The van der Waals surface area contributed by atoms with Gasteiger partial charge in [-0.2, -0.15) is 10.4 Å². The molecule has 2 fully saturated rings. The topological polar surface area (TPSA) is 127 Å². The number of piperidine rings is 1. The number of likely N-dealkylation sites (tertiary alicyclic amines) is 2. The highest BCUT2D eigenvalue weighted by Crippen LogP contribution is 2.37. The van der Waals surface area contributed by atoms with E-state index in [2.05, 4.69) is 31.0 Å². The third-order valence-electron chi connectivity index (χ3n) is 7.56. The van der Waals surface area contributed by atoms with Crippen molar-refractivity contribution in [3.05, 3.63) is 60.6 Å². The second-order valence-electron chi connectivity index (χ2n) is 9.79. The maximum Gasteiger partial charge on any atom is 0.253 e. The van der Waals surface area contributed by atoms with E-state index in [0.29, 0.717) is 38.6 Å². The monoisotopic (exact) mass is 500 g/mol. The third-order valence-corrected chi connectivity index (χ3v) is 7.56. The van der Waals surface area contributed by atoms with Crippen LogP contribution in [-0.2, 0) is 5.54 Å². The lowest BCUT2D eigenvalue weighted by molar-refractivity contribution is -0.0412. The van der Waals surface area contributed by atoms with E-state index in [9.17, 15) is 19.6 Å². The van der Waals surface area contributed by atoms with Crippen LogP contribution < -0.4 is 0 Å². The molecule has 0 spiro atoms. The Kier molecular flexibility index (Phi) is 5.61. The molecule has 3 aromatic heterocycles. The zero-order chi connectivity index (χ0) is 25.6. The van der Waals surface area contributed by atoms with Crippen molar-refractivity contribution in [1.29, 1.82) is 5.26 Å². The van der Waals surface area contributed by atoms with Gasteiger partial charge in [0.15, 0.2) is 11.6 Å². The summed E-state index contributed by atoms with van der Waals surface area (Å²) in [5, 5.41) is 24.7. The van der Waals surface area contributed by atoms with Gasteiger partial charge in [-0.05, 0) is 37.1 Å². The molecule has 0 radical (unpaired) electrons. The quantitative estimate of drug-likeness (QED) is 0.431. The zero-order valence-electron chi connectivity index (χ0n) is 20.0. The summed E-state index contributed by atoms with van der Waals surface area (Å²) >= 11 is 0. The molecule has 2 N–H and O–H groups in total. The van der Waals surface area contributed by atoms with Gasteiger partial charge in [0.2, 0.25) is 0 Å². The highest BCUT2D eigenvalue weighted by atomic mass is 19.1. The molecule has 10 nitrogen and oxygen atoms in total. The second kappa shape index (κ2) is 8.97. The van der Waals surface area contributed by atoms with Crippen molar-refractivity contribution in [3.63, 3.8) is 0 Å². The number of nitrogens with one attached hydrogen (secondary N) is 1. The zero-order valence-corrected chi connectivity index (χ0v) is 20.0. The predicted octanol–water partition coefficient (Wildman–Crippen LogP) is 2.90. The minimum atomic E-state index is -0.743. The number of aromatic hydroxyl groups is 1. The lowest BCUT2D eigenvalue weighted by Crippen LogP contribution is -2.66. The van der Waals surface area contributed by atoms with Gasteiger partial charge in [-0.15, -0.1) is 0 Å². The van der Waals surface area contributed by atoms with Crippen LogP contribution in [0.4, 0.5) is 4.39 Å². The van der Waals surface area contributed by atoms with Crippen LogP contribution in [0.5, 0.6) is 5.75 Å². The molecule has 37 heavy (non-hydrogen) atoms. The molecule has 4 aromatic rings. The molecule has 1 amide bonds. The second-order valence-corrected chi connectivity index (χ2v) is 9.79. The van der Waals surface area contributed by atoms with E-state index >= 15 is 0 Å². The van der Waals surface area contributed by atoms with Crippen molar-refractivity contribution in [1.82, 2.24) is 34.5 Å². The number of amides is 1. The summed E-state index contributed by atoms with van der Waals surface area (Å²) in [5.41, 5.74) is 2.31. The van der Waals surface area contributed by atoms with E-state index in [1.54, 1.807) is 11.1 Å². The van der Waals surface area contributed by atoms with Gasteiger partial charge in [0.05, 0.1) is 24.4 Å². The van der Waals surface area contributed by atoms with Crippen molar-refractivity contribution in [2.24, 2.45) is 0 Å². The first-order valence-electron chi connectivity index (χ1n) is 12.2. The normalized spacial score (nSPS) is 18.0. The maximum absolute atomic E-state index is 13.4. The van der Waals surface area contributed by atoms with E-state index in [-0.39, 0.29) is 11.5 Å². The van der Waals surface area contributed by atoms with Crippen molar-refractivity contribution >= 4 is 16.9 Å². The number of carbonyl (C=O) groups excluding carboxylic acids is 1. The molecule has 6 rings (SSSR count). The predicted molar refractivity (Wildman–Crippen MR) is 132 cm³/mol. The van der Waals surface area contributed by atoms with Crippen LogP contribution in [0.25, 0.3) is 22.3 Å². The molecule has 11 heteroatoms. The van der Waals surface area contributed by atoms with E-state index in [1.165, 1.54) is 18.5 Å². The fourth-order valence-corrected chi connectivity index (χ4v) is 5.52. The number of hydrogen-bond acceptors (Lipinski definition) is 7. The van der Waals surface area contributed by atoms with Gasteiger partial charge in [-0.1, -0.05) is 0 Å². The third kappa shape index (κ3) is 3.99. The Morgan fingerprint density at radius 2 is 2.05 bits per heavy atom. The summed E-state index contributed by atoms with van der Waals surface area (Å²) in [7, 11) is 0. The number of phenolic OH excluding ortho intramolecular Hbond substituents is 1. The summed E-state index contributed by atoms with van der Waals surface area (Å²) in [6.45, 7) is 2.57. The van der Waals surface area contributed by atoms with E-state index < -0.39 is 17.1 Å². The van der Waals surface area contributed by atoms with Crippen LogP contribution in [0.3, 0.4) is 0 Å². The Bertz CT molecular complexity index is 1510. The minimum absolute atomic E-state index is 0.207. The van der Waals surface area contributed by atoms with Gasteiger partial charge in [-0.3, -0.25) is 14.4 Å². The van der Waals surface area contributed by atoms with Crippen molar-refractivity contribution < 1.29 is 14.3 Å². The molecule has 5 heterocycles. The van der Waals surface area contributed by atoms with E-state index in [0.717, 1.165) is 41.2 Å². The van der Waals surface area contributed by atoms with Crippen LogP contribution in [0.15, 0.2) is 49.2 Å². The van der Waals surface area contributed by atoms with E-state index in [4.69, 9.17) is 0 Å². The van der Waals surface area contributed by atoms with Crippen molar-refractivity contribution in [2.45, 2.75) is 30.8 Å². The van der Waals surface area contributed by atoms with Crippen LogP contribution >= 0.6 is 0 Å². The van der Waals surface area contributed by atoms with Crippen LogP contribution in [0.2, 0.25) is 0 Å². The Morgan fingerprint density at radius 3 is 2.81 bits per heavy atom. The van der Waals surface area contributed by atoms with Crippen molar-refractivity contribution in [3.8, 4) is 23.1 Å². The number of phenols is 1. The lowest BCUT2D eigenvalue weighted by Gasteiger charge is -2.53. The highest BCUT2D eigenvalue weighted by molar-refractivity contribution is 5.94. The van der Waals surface area contributed by atoms with Crippen LogP contribution in [0, 0.1) is 17.1 Å². The number of halogens is 1. The number of fused-ring (bicyclic) bond motifs is 1. The number of hydrogen-bond donors (Lipinski definition) is 2. The number of aromatic amines is 1. The largest absolute Gasteiger partial charge is 0.505 e. The number of aromatic nitrogens is 5. The number of nitrogens with zero attached hydrogens (tertiary/aromatic N) is 7. The molecule has 0 aliphatic carbocycles. The molecule has 0 bridgehead atoms. The van der Waals surface area contributed by atoms with E-state index in [1.807, 2.05) is 23.1 Å². The van der Waals surface area contributed by atoms with Crippen LogP contribution in [0.1, 0.15) is 29.6 Å². The van der Waals surface area contributed by atoms with Crippen molar-refractivity contribution in [2.75, 3.05) is 26.2 Å². The number of benzene rings is 1. The molecule has 2 aliphatic heterocycles. The number of carbonyl (C=O) groups is 1. The fraction of sp³-hybridized carbons (Fsp3) is 0.346. The summed E-state index contributed by atoms with van der Waals surface area (Å²) in [4.78, 5) is 28.7. The summed E-state index contributed by atoms with van der Waals surface area (Å²) in [6, 6.07) is 8.26. The van der Waals surface area contributed by atoms with Gasteiger partial charge in [0, 0.05) is 61.1 Å². The standard InChI is InChI=1S/C26H25FN8O2/c27-21-2-1-17(11-22(21)36)25(37)33-9-4-19(5-10-33)34-14-26(15-34,6-7-28)35-13-18(12-32-35)23-20-3-8-29-24(20)31-16-30-23/h1-3,8,11-13,16,19,36H,4-6,9-10,14-15H2,(H,29,30,31). The molecule has 2 aliphatic rings. The first kappa shape index (κ1) is 23.1. The smallest absolute Gasteiger partial charge is 0.253 e. The molecular weight excluding hydrogens is 475 g/mol. The summed E-state index contributed by atoms with van der Waals surface area (Å²) < 4.78 is 15.3. The molecule has 0 saturated carbocycles. The van der Waals surface area contributed by atoms with Gasteiger partial charge < -0.3 is 15.0 Å². The maximum atomic E-state index is 13.4. The average molecular weight is 501 g/mol. The molecular formula is C26H25FN8O2. The lowest BCUT2D eigenvalue weighted by atomic mass is 9.83. The minimum Gasteiger partial charge on any atom is -0.505 e. The van der Waals surface area contributed by atoms with Gasteiger partial charge in [-0.25, -0.2) is 14.4 Å². The first-order chi connectivity index (χ1) is 18.0. The Morgan fingerprint density at radius 1 is 1.24 bits per heavy atom. The van der Waals surface area contributed by atoms with Gasteiger partial charge >= 0.3 is 0 Å². The fourth-order valence-electron chi connectivity index (χ4n) is 5.52. The Balaban J connectivity index is 1.12. The number of H-pyrrole nitrogens is 1. The molecule has 0 atom stereocenters. The van der Waals surface area contributed by atoms with Crippen LogP contribution in [-0.4, -0.2) is 77.8 Å². The highest BCUT2D eigenvalue weighted by Gasteiger charge is 2.48.